The lowest BCUT2D eigenvalue weighted by molar-refractivity contribution is -0.124. The van der Waals surface area contributed by atoms with Crippen molar-refractivity contribution in [2.24, 2.45) is 0 Å². The Balaban J connectivity index is 1.34. The predicted octanol–water partition coefficient (Wildman–Crippen LogP) is 5.07. The number of aryl methyl sites for hydroxylation is 2. The summed E-state index contributed by atoms with van der Waals surface area (Å²) in [4.78, 5) is 40.9. The van der Waals surface area contributed by atoms with Gasteiger partial charge >= 0.3 is 6.03 Å². The molecule has 0 bridgehead atoms. The van der Waals surface area contributed by atoms with E-state index in [-0.39, 0.29) is 18.7 Å². The maximum Gasteiger partial charge on any atom is 0.345 e. The first kappa shape index (κ1) is 22.4. The number of rotatable bonds is 4. The van der Waals surface area contributed by atoms with Gasteiger partial charge in [-0.25, -0.2) is 10.2 Å². The summed E-state index contributed by atoms with van der Waals surface area (Å²) in [6.07, 6.45) is -0.0545. The molecule has 33 heavy (non-hydrogen) atoms. The molecule has 4 rings (SSSR count). The topological polar surface area (TPSA) is 90.5 Å². The van der Waals surface area contributed by atoms with Gasteiger partial charge in [0.1, 0.15) is 0 Å². The zero-order chi connectivity index (χ0) is 23.4. The van der Waals surface area contributed by atoms with Crippen LogP contribution in [0.4, 0.5) is 21.9 Å². The third-order valence-electron chi connectivity index (χ3n) is 5.19. The van der Waals surface area contributed by atoms with E-state index in [0.29, 0.717) is 0 Å². The Bertz CT molecular complexity index is 1180. The van der Waals surface area contributed by atoms with E-state index >= 15 is 0 Å². The van der Waals surface area contributed by atoms with Crippen LogP contribution in [0, 0.1) is 13.8 Å². The quantitative estimate of drug-likeness (QED) is 0.475. The highest BCUT2D eigenvalue weighted by atomic mass is 32.2. The lowest BCUT2D eigenvalue weighted by Gasteiger charge is -2.30. The normalized spacial score (nSPS) is 11.8. The summed E-state index contributed by atoms with van der Waals surface area (Å²) in [5.41, 5.74) is 9.08. The third kappa shape index (κ3) is 5.18. The van der Waals surface area contributed by atoms with Gasteiger partial charge in [0.25, 0.3) is 0 Å². The number of carbonyl (C=O) groups is 3. The van der Waals surface area contributed by atoms with E-state index in [1.165, 1.54) is 4.90 Å². The van der Waals surface area contributed by atoms with Gasteiger partial charge in [0, 0.05) is 28.3 Å². The van der Waals surface area contributed by atoms with Crippen molar-refractivity contribution in [1.82, 2.24) is 10.9 Å². The number of nitrogens with zero attached hydrogens (tertiary/aromatic N) is 1. The minimum Gasteiger partial charge on any atom is -0.326 e. The molecule has 0 aromatic heterocycles. The molecule has 0 atom stereocenters. The highest BCUT2D eigenvalue weighted by Gasteiger charge is 2.28. The van der Waals surface area contributed by atoms with Crippen LogP contribution in [0.1, 0.15) is 24.0 Å². The van der Waals surface area contributed by atoms with Gasteiger partial charge in [-0.15, -0.1) is 0 Å². The van der Waals surface area contributed by atoms with E-state index in [4.69, 9.17) is 0 Å². The molecule has 3 N–H and O–H groups in total. The number of urea groups is 1. The monoisotopic (exact) mass is 460 g/mol. The Morgan fingerprint density at radius 1 is 0.788 bits per heavy atom. The van der Waals surface area contributed by atoms with Gasteiger partial charge in [-0.05, 0) is 55.3 Å². The van der Waals surface area contributed by atoms with E-state index in [9.17, 15) is 14.4 Å². The SMILES string of the molecule is Cc1ccc(C)c(NC(=O)CCC(=O)NNC(=O)N2c3ccccc3Sc3ccccc32)c1. The Kier molecular flexibility index (Phi) is 6.65. The first-order valence-corrected chi connectivity index (χ1v) is 11.4. The highest BCUT2D eigenvalue weighted by molar-refractivity contribution is 7.99. The molecule has 8 heteroatoms. The standard InChI is InChI=1S/C25H24N4O3S/c1-16-11-12-17(2)18(15-16)26-23(30)13-14-24(31)27-28-25(32)29-19-7-3-5-9-21(19)33-22-10-6-4-8-20(22)29/h3-12,15H,13-14H2,1-2H3,(H,26,30)(H,27,31)(H,28,32). The van der Waals surface area contributed by atoms with Crippen molar-refractivity contribution in [3.63, 3.8) is 0 Å². The summed E-state index contributed by atoms with van der Waals surface area (Å²) in [5.74, 6) is -0.714. The van der Waals surface area contributed by atoms with Crippen LogP contribution in [0.2, 0.25) is 0 Å². The van der Waals surface area contributed by atoms with Crippen molar-refractivity contribution >= 4 is 46.7 Å². The second-order valence-electron chi connectivity index (χ2n) is 7.72. The Morgan fingerprint density at radius 3 is 2.06 bits per heavy atom. The van der Waals surface area contributed by atoms with E-state index in [1.807, 2.05) is 80.6 Å². The predicted molar refractivity (Wildman–Crippen MR) is 130 cm³/mol. The summed E-state index contributed by atoms with van der Waals surface area (Å²) < 4.78 is 0. The minimum atomic E-state index is -0.483. The molecule has 0 aliphatic carbocycles. The van der Waals surface area contributed by atoms with Crippen molar-refractivity contribution < 1.29 is 14.4 Å². The second kappa shape index (κ2) is 9.79. The molecule has 3 aromatic carbocycles. The molecule has 0 saturated heterocycles. The number of nitrogens with one attached hydrogen (secondary N) is 3. The number of hydrogen-bond acceptors (Lipinski definition) is 4. The van der Waals surface area contributed by atoms with Crippen LogP contribution < -0.4 is 21.1 Å². The summed E-state index contributed by atoms with van der Waals surface area (Å²) >= 11 is 1.59. The molecular weight excluding hydrogens is 436 g/mol. The molecule has 1 aliphatic heterocycles. The molecule has 0 radical (unpaired) electrons. The smallest absolute Gasteiger partial charge is 0.326 e. The fourth-order valence-corrected chi connectivity index (χ4v) is 4.53. The molecular formula is C25H24N4O3S. The van der Waals surface area contributed by atoms with Crippen molar-refractivity contribution in [2.45, 2.75) is 36.5 Å². The lowest BCUT2D eigenvalue weighted by atomic mass is 10.1. The van der Waals surface area contributed by atoms with Gasteiger partial charge in [-0.3, -0.25) is 19.9 Å². The van der Waals surface area contributed by atoms with Gasteiger partial charge < -0.3 is 5.32 Å². The van der Waals surface area contributed by atoms with Crippen LogP contribution >= 0.6 is 11.8 Å². The molecule has 0 fully saturated rings. The largest absolute Gasteiger partial charge is 0.345 e. The fourth-order valence-electron chi connectivity index (χ4n) is 3.48. The molecule has 1 aliphatic rings. The molecule has 168 valence electrons. The summed E-state index contributed by atoms with van der Waals surface area (Å²) in [6, 6.07) is 20.5. The van der Waals surface area contributed by atoms with E-state index < -0.39 is 11.9 Å². The number of benzene rings is 3. The van der Waals surface area contributed by atoms with E-state index in [2.05, 4.69) is 16.2 Å². The molecule has 3 aromatic rings. The summed E-state index contributed by atoms with van der Waals surface area (Å²) in [6.45, 7) is 3.86. The second-order valence-corrected chi connectivity index (χ2v) is 8.80. The number of carbonyl (C=O) groups excluding carboxylic acids is 3. The maximum atomic E-state index is 13.0. The van der Waals surface area contributed by atoms with Crippen molar-refractivity contribution in [2.75, 3.05) is 10.2 Å². The zero-order valence-electron chi connectivity index (χ0n) is 18.3. The Labute approximate surface area is 196 Å². The Hall–Kier alpha value is -3.78. The number of amides is 4. The van der Waals surface area contributed by atoms with Crippen LogP contribution in [0.5, 0.6) is 0 Å². The fraction of sp³-hybridized carbons (Fsp3) is 0.160. The first-order chi connectivity index (χ1) is 15.9. The molecule has 0 saturated carbocycles. The first-order valence-electron chi connectivity index (χ1n) is 10.5. The number of fused-ring (bicyclic) bond motifs is 2. The van der Waals surface area contributed by atoms with Crippen LogP contribution in [-0.4, -0.2) is 17.8 Å². The number of para-hydroxylation sites is 2. The number of hydrogen-bond donors (Lipinski definition) is 3. The summed E-state index contributed by atoms with van der Waals surface area (Å²) in [5, 5.41) is 2.83. The number of hydrazine groups is 1. The molecule has 0 unspecified atom stereocenters. The molecule has 7 nitrogen and oxygen atoms in total. The minimum absolute atomic E-state index is 0.00110. The van der Waals surface area contributed by atoms with Crippen LogP contribution in [-0.2, 0) is 9.59 Å². The number of anilines is 3. The van der Waals surface area contributed by atoms with Gasteiger partial charge in [-0.2, -0.15) is 0 Å². The lowest BCUT2D eigenvalue weighted by Crippen LogP contribution is -2.48. The Morgan fingerprint density at radius 2 is 1.39 bits per heavy atom. The van der Waals surface area contributed by atoms with Gasteiger partial charge in [0.15, 0.2) is 0 Å². The summed E-state index contributed by atoms with van der Waals surface area (Å²) in [7, 11) is 0. The van der Waals surface area contributed by atoms with Crippen molar-refractivity contribution in [3.05, 3.63) is 77.9 Å². The maximum absolute atomic E-state index is 13.0. The average molecular weight is 461 g/mol. The van der Waals surface area contributed by atoms with Gasteiger partial charge in [-0.1, -0.05) is 48.2 Å². The van der Waals surface area contributed by atoms with E-state index in [0.717, 1.165) is 38.0 Å². The van der Waals surface area contributed by atoms with Crippen LogP contribution in [0.15, 0.2) is 76.5 Å². The molecule has 1 heterocycles. The van der Waals surface area contributed by atoms with Gasteiger partial charge in [0.05, 0.1) is 11.4 Å². The van der Waals surface area contributed by atoms with Crippen LogP contribution in [0.25, 0.3) is 0 Å². The zero-order valence-corrected chi connectivity index (χ0v) is 19.2. The van der Waals surface area contributed by atoms with Crippen LogP contribution in [0.3, 0.4) is 0 Å². The molecule has 0 spiro atoms. The third-order valence-corrected chi connectivity index (χ3v) is 6.32. The average Bonchev–Trinajstić information content (AvgIpc) is 2.82. The van der Waals surface area contributed by atoms with E-state index in [1.54, 1.807) is 11.8 Å². The van der Waals surface area contributed by atoms with Crippen molar-refractivity contribution in [1.29, 1.82) is 0 Å². The van der Waals surface area contributed by atoms with Crippen molar-refractivity contribution in [3.8, 4) is 0 Å². The highest BCUT2D eigenvalue weighted by Crippen LogP contribution is 2.47. The molecule has 4 amide bonds. The van der Waals surface area contributed by atoms with Gasteiger partial charge in [0.2, 0.25) is 11.8 Å².